The van der Waals surface area contributed by atoms with Crippen molar-refractivity contribution in [3.05, 3.63) is 47.5 Å². The van der Waals surface area contributed by atoms with Crippen LogP contribution in [0, 0.1) is 0 Å². The number of phenols is 2. The summed E-state index contributed by atoms with van der Waals surface area (Å²) in [5.41, 5.74) is 1.57. The fraction of sp³-hybridized carbons (Fsp3) is 0.556. The highest BCUT2D eigenvalue weighted by molar-refractivity contribution is 6.75. The largest absolute Gasteiger partial charge is 0.541 e. The van der Waals surface area contributed by atoms with Crippen molar-refractivity contribution < 1.29 is 19.1 Å². The lowest BCUT2D eigenvalue weighted by Crippen LogP contribution is -2.46. The zero-order valence-electron chi connectivity index (χ0n) is 22.7. The molecule has 0 saturated heterocycles. The quantitative estimate of drug-likeness (QED) is 0.402. The molecule has 0 spiro atoms. The zero-order valence-corrected chi connectivity index (χ0v) is 24.7. The molecule has 0 saturated carbocycles. The number of phenolic OH excluding ortho intramolecular Hbond substituents is 2. The molecule has 0 fully saturated rings. The van der Waals surface area contributed by atoms with Crippen LogP contribution in [-0.4, -0.2) is 26.8 Å². The predicted octanol–water partition coefficient (Wildman–Crippen LogP) is 8.19. The lowest BCUT2D eigenvalue weighted by molar-refractivity contribution is 0.392. The van der Waals surface area contributed by atoms with Crippen molar-refractivity contribution >= 4 is 16.6 Å². The molecular weight excluding hydrogens is 444 g/mol. The molecule has 0 aromatic heterocycles. The first kappa shape index (κ1) is 27.3. The molecule has 0 aliphatic heterocycles. The van der Waals surface area contributed by atoms with Gasteiger partial charge in [0.2, 0.25) is 0 Å². The molecule has 0 atom stereocenters. The molecule has 0 radical (unpaired) electrons. The minimum Gasteiger partial charge on any atom is -0.541 e. The highest BCUT2D eigenvalue weighted by Gasteiger charge is 2.44. The molecule has 4 nitrogen and oxygen atoms in total. The first-order chi connectivity index (χ1) is 14.7. The van der Waals surface area contributed by atoms with E-state index in [4.69, 9.17) is 8.85 Å². The van der Waals surface area contributed by atoms with Gasteiger partial charge in [-0.05, 0) is 60.0 Å². The lowest BCUT2D eigenvalue weighted by atomic mass is 9.77. The number of aromatic hydroxyl groups is 2. The van der Waals surface area contributed by atoms with Crippen LogP contribution < -0.4 is 8.85 Å². The van der Waals surface area contributed by atoms with Gasteiger partial charge in [0.05, 0.1) is 0 Å². The van der Waals surface area contributed by atoms with Gasteiger partial charge in [-0.1, -0.05) is 73.6 Å². The highest BCUT2D eigenvalue weighted by Crippen LogP contribution is 2.51. The van der Waals surface area contributed by atoms with E-state index >= 15 is 0 Å². The van der Waals surface area contributed by atoms with Crippen LogP contribution in [0.1, 0.15) is 66.5 Å². The van der Waals surface area contributed by atoms with Crippen molar-refractivity contribution in [1.82, 2.24) is 0 Å². The summed E-state index contributed by atoms with van der Waals surface area (Å²) in [4.78, 5) is 0. The lowest BCUT2D eigenvalue weighted by Gasteiger charge is -2.41. The van der Waals surface area contributed by atoms with Gasteiger partial charge in [-0.2, -0.15) is 0 Å². The van der Waals surface area contributed by atoms with Crippen LogP contribution in [0.3, 0.4) is 0 Å². The van der Waals surface area contributed by atoms with Crippen LogP contribution in [0.25, 0.3) is 0 Å². The number of hydrogen-bond donors (Lipinski definition) is 2. The summed E-state index contributed by atoms with van der Waals surface area (Å²) in [6, 6.07) is 11.0. The van der Waals surface area contributed by atoms with Crippen LogP contribution in [0.15, 0.2) is 36.4 Å². The van der Waals surface area contributed by atoms with Crippen LogP contribution in [0.5, 0.6) is 23.0 Å². The van der Waals surface area contributed by atoms with E-state index in [2.05, 4.69) is 81.6 Å². The Morgan fingerprint density at radius 2 is 1.03 bits per heavy atom. The molecule has 0 heterocycles. The van der Waals surface area contributed by atoms with Crippen LogP contribution in [-0.2, 0) is 5.41 Å². The molecule has 2 aromatic rings. The maximum atomic E-state index is 11.0. The molecule has 0 aliphatic rings. The molecule has 33 heavy (non-hydrogen) atoms. The molecule has 6 heteroatoms. The Morgan fingerprint density at radius 3 is 1.45 bits per heavy atom. The second-order valence-corrected chi connectivity index (χ2v) is 22.1. The monoisotopic (exact) mass is 488 g/mol. The van der Waals surface area contributed by atoms with E-state index < -0.39 is 22.0 Å². The van der Waals surface area contributed by atoms with Crippen molar-refractivity contribution in [3.63, 3.8) is 0 Å². The second kappa shape index (κ2) is 8.69. The van der Waals surface area contributed by atoms with Crippen molar-refractivity contribution in [1.29, 1.82) is 0 Å². The van der Waals surface area contributed by atoms with Crippen molar-refractivity contribution in [3.8, 4) is 23.0 Å². The van der Waals surface area contributed by atoms with Crippen molar-refractivity contribution in [2.75, 3.05) is 0 Å². The van der Waals surface area contributed by atoms with E-state index in [0.29, 0.717) is 11.5 Å². The fourth-order valence-corrected chi connectivity index (χ4v) is 5.13. The summed E-state index contributed by atoms with van der Waals surface area (Å²) >= 11 is 0. The summed E-state index contributed by atoms with van der Waals surface area (Å²) in [6.07, 6.45) is 0. The molecule has 184 valence electrons. The molecule has 2 N–H and O–H groups in total. The number of rotatable bonds is 6. The van der Waals surface area contributed by atoms with Crippen LogP contribution >= 0.6 is 0 Å². The standard InChI is InChI=1S/C27H44O4Si2/c1-25(2,3)32(9,10)30-23-21(27(7,8)19-13-15-20(28)16-14-19)17-18-22(29)24(23)31-33(11,12)26(4,5)6/h13-18,28-29H,1-12H3. The third-order valence-corrected chi connectivity index (χ3v) is 16.3. The molecular formula is C27H44O4Si2. The fourth-order valence-electron chi connectivity index (χ4n) is 3.09. The summed E-state index contributed by atoms with van der Waals surface area (Å²) < 4.78 is 13.6. The second-order valence-electron chi connectivity index (χ2n) is 12.7. The molecule has 2 aromatic carbocycles. The molecule has 0 amide bonds. The average Bonchev–Trinajstić information content (AvgIpc) is 2.62. The van der Waals surface area contributed by atoms with Gasteiger partial charge in [0.1, 0.15) is 5.75 Å². The van der Waals surface area contributed by atoms with E-state index in [1.54, 1.807) is 18.2 Å². The van der Waals surface area contributed by atoms with Gasteiger partial charge in [-0.25, -0.2) is 0 Å². The molecule has 0 aliphatic carbocycles. The third kappa shape index (κ3) is 5.60. The van der Waals surface area contributed by atoms with Crippen LogP contribution in [0.4, 0.5) is 0 Å². The SMILES string of the molecule is CC(C)(c1ccc(O)cc1)c1ccc(O)c(O[Si](C)(C)C(C)(C)C)c1O[Si](C)(C)C(C)(C)C. The summed E-state index contributed by atoms with van der Waals surface area (Å²) in [5.74, 6) is 1.44. The normalized spacial score (nSPS) is 13.7. The predicted molar refractivity (Wildman–Crippen MR) is 144 cm³/mol. The number of hydrogen-bond acceptors (Lipinski definition) is 4. The summed E-state index contributed by atoms with van der Waals surface area (Å²) in [7, 11) is -4.51. The van der Waals surface area contributed by atoms with E-state index in [1.165, 1.54) is 0 Å². The minimum atomic E-state index is -2.26. The minimum absolute atomic E-state index is 0.0212. The van der Waals surface area contributed by atoms with E-state index in [0.717, 1.165) is 11.1 Å². The average molecular weight is 489 g/mol. The highest BCUT2D eigenvalue weighted by atomic mass is 28.4. The van der Waals surface area contributed by atoms with Gasteiger partial charge < -0.3 is 19.1 Å². The van der Waals surface area contributed by atoms with Crippen molar-refractivity contribution in [2.45, 2.75) is 97.1 Å². The third-order valence-electron chi connectivity index (χ3n) is 7.68. The molecule has 0 bridgehead atoms. The van der Waals surface area contributed by atoms with Gasteiger partial charge >= 0.3 is 0 Å². The Kier molecular flexibility index (Phi) is 7.20. The molecule has 2 rings (SSSR count). The Morgan fingerprint density at radius 1 is 0.606 bits per heavy atom. The Bertz CT molecular complexity index is 979. The zero-order chi connectivity index (χ0) is 25.6. The molecule has 0 unspecified atom stereocenters. The maximum absolute atomic E-state index is 11.0. The Hall–Kier alpha value is -1.93. The summed E-state index contributed by atoms with van der Waals surface area (Å²) in [6.45, 7) is 26.3. The first-order valence-corrected chi connectivity index (χ1v) is 17.6. The Labute approximate surface area is 203 Å². The van der Waals surface area contributed by atoms with Gasteiger partial charge in [0.25, 0.3) is 16.6 Å². The van der Waals surface area contributed by atoms with Crippen LogP contribution in [0.2, 0.25) is 36.3 Å². The van der Waals surface area contributed by atoms with Gasteiger partial charge in [-0.3, -0.25) is 0 Å². The Balaban J connectivity index is 2.81. The maximum Gasteiger partial charge on any atom is 0.250 e. The number of benzene rings is 2. The van der Waals surface area contributed by atoms with E-state index in [-0.39, 0.29) is 21.6 Å². The van der Waals surface area contributed by atoms with E-state index in [9.17, 15) is 10.2 Å². The first-order valence-electron chi connectivity index (χ1n) is 11.7. The van der Waals surface area contributed by atoms with Crippen molar-refractivity contribution in [2.24, 2.45) is 0 Å². The smallest absolute Gasteiger partial charge is 0.250 e. The van der Waals surface area contributed by atoms with Gasteiger partial charge in [0, 0.05) is 11.0 Å². The van der Waals surface area contributed by atoms with Gasteiger partial charge in [0.15, 0.2) is 17.2 Å². The van der Waals surface area contributed by atoms with Gasteiger partial charge in [-0.15, -0.1) is 0 Å². The summed E-state index contributed by atoms with van der Waals surface area (Å²) in [5, 5.41) is 20.8. The van der Waals surface area contributed by atoms with E-state index in [1.807, 2.05) is 18.2 Å². The topological polar surface area (TPSA) is 58.9 Å².